The van der Waals surface area contributed by atoms with Gasteiger partial charge in [-0.3, -0.25) is 14.4 Å². The standard InChI is InChI=1S/C20H28N2O3/c1-15(23)21-14-8-2-3-13-19(24)22-18-12-7-6-11-17(18)20(25)16-9-4-5-10-16/h6-7,11-12,16H,2-5,8-10,13-14H2,1H3,(H,21,23)(H,22,24). The number of para-hydroxylation sites is 1. The Kier molecular flexibility index (Phi) is 7.64. The van der Waals surface area contributed by atoms with Gasteiger partial charge in [-0.15, -0.1) is 0 Å². The summed E-state index contributed by atoms with van der Waals surface area (Å²) in [5.74, 6) is 0.169. The second-order valence-electron chi connectivity index (χ2n) is 6.73. The zero-order valence-electron chi connectivity index (χ0n) is 15.0. The van der Waals surface area contributed by atoms with E-state index in [4.69, 9.17) is 0 Å². The molecule has 1 fully saturated rings. The Morgan fingerprint density at radius 1 is 1.04 bits per heavy atom. The normalized spacial score (nSPS) is 14.3. The lowest BCUT2D eigenvalue weighted by Crippen LogP contribution is -2.21. The molecule has 0 unspecified atom stereocenters. The molecule has 1 aromatic carbocycles. The minimum atomic E-state index is -0.0637. The highest BCUT2D eigenvalue weighted by Crippen LogP contribution is 2.30. The minimum absolute atomic E-state index is 0.0266. The van der Waals surface area contributed by atoms with E-state index < -0.39 is 0 Å². The number of anilines is 1. The van der Waals surface area contributed by atoms with Crippen molar-refractivity contribution in [3.8, 4) is 0 Å². The van der Waals surface area contributed by atoms with Crippen LogP contribution >= 0.6 is 0 Å². The minimum Gasteiger partial charge on any atom is -0.356 e. The summed E-state index contributed by atoms with van der Waals surface area (Å²) in [6.45, 7) is 2.15. The topological polar surface area (TPSA) is 75.3 Å². The lowest BCUT2D eigenvalue weighted by Gasteiger charge is -2.13. The van der Waals surface area contributed by atoms with Crippen LogP contribution < -0.4 is 10.6 Å². The van der Waals surface area contributed by atoms with Crippen LogP contribution in [0.4, 0.5) is 5.69 Å². The molecule has 5 heteroatoms. The second kappa shape index (κ2) is 9.97. The van der Waals surface area contributed by atoms with E-state index in [2.05, 4.69) is 10.6 Å². The Bertz CT molecular complexity index is 607. The third kappa shape index (κ3) is 6.33. The molecule has 0 atom stereocenters. The molecule has 136 valence electrons. The molecule has 2 amide bonds. The molecule has 0 heterocycles. The number of carbonyl (C=O) groups excluding carboxylic acids is 3. The predicted octanol–water partition coefficient (Wildman–Crippen LogP) is 3.69. The molecule has 5 nitrogen and oxygen atoms in total. The van der Waals surface area contributed by atoms with Crippen LogP contribution in [0.3, 0.4) is 0 Å². The van der Waals surface area contributed by atoms with Crippen molar-refractivity contribution in [2.45, 2.75) is 58.3 Å². The number of rotatable bonds is 9. The highest BCUT2D eigenvalue weighted by atomic mass is 16.2. The lowest BCUT2D eigenvalue weighted by molar-refractivity contribution is -0.119. The Balaban J connectivity index is 1.80. The van der Waals surface area contributed by atoms with Crippen LogP contribution in [0.15, 0.2) is 24.3 Å². The first-order chi connectivity index (χ1) is 12.1. The highest BCUT2D eigenvalue weighted by Gasteiger charge is 2.25. The molecule has 0 aliphatic heterocycles. The van der Waals surface area contributed by atoms with Crippen molar-refractivity contribution in [2.75, 3.05) is 11.9 Å². The van der Waals surface area contributed by atoms with E-state index in [9.17, 15) is 14.4 Å². The third-order valence-corrected chi connectivity index (χ3v) is 4.65. The highest BCUT2D eigenvalue weighted by molar-refractivity contribution is 6.06. The summed E-state index contributed by atoms with van der Waals surface area (Å²) in [5.41, 5.74) is 1.26. The van der Waals surface area contributed by atoms with E-state index in [-0.39, 0.29) is 23.5 Å². The Morgan fingerprint density at radius 3 is 2.48 bits per heavy atom. The van der Waals surface area contributed by atoms with E-state index in [0.717, 1.165) is 44.9 Å². The average molecular weight is 344 g/mol. The van der Waals surface area contributed by atoms with Crippen LogP contribution in [-0.2, 0) is 9.59 Å². The maximum Gasteiger partial charge on any atom is 0.224 e. The van der Waals surface area contributed by atoms with Crippen molar-refractivity contribution < 1.29 is 14.4 Å². The van der Waals surface area contributed by atoms with Gasteiger partial charge in [0.25, 0.3) is 0 Å². The zero-order chi connectivity index (χ0) is 18.1. The zero-order valence-corrected chi connectivity index (χ0v) is 15.0. The number of hydrogen-bond acceptors (Lipinski definition) is 3. The van der Waals surface area contributed by atoms with Gasteiger partial charge in [0.2, 0.25) is 11.8 Å². The molecule has 1 aliphatic carbocycles. The fourth-order valence-electron chi connectivity index (χ4n) is 3.28. The maximum absolute atomic E-state index is 12.7. The van der Waals surface area contributed by atoms with Crippen molar-refractivity contribution >= 4 is 23.3 Å². The molecule has 0 saturated heterocycles. The molecule has 0 spiro atoms. The predicted molar refractivity (Wildman–Crippen MR) is 98.5 cm³/mol. The summed E-state index contributed by atoms with van der Waals surface area (Å²) in [6, 6.07) is 7.30. The molecule has 0 radical (unpaired) electrons. The van der Waals surface area contributed by atoms with E-state index in [1.165, 1.54) is 6.92 Å². The molecule has 0 aromatic heterocycles. The first kappa shape index (κ1) is 19.2. The fraction of sp³-hybridized carbons (Fsp3) is 0.550. The van der Waals surface area contributed by atoms with Gasteiger partial charge in [0.15, 0.2) is 5.78 Å². The summed E-state index contributed by atoms with van der Waals surface area (Å²) in [4.78, 5) is 35.6. The van der Waals surface area contributed by atoms with Crippen LogP contribution in [0.5, 0.6) is 0 Å². The number of hydrogen-bond donors (Lipinski definition) is 2. The number of amides is 2. The summed E-state index contributed by atoms with van der Waals surface area (Å²) in [7, 11) is 0. The lowest BCUT2D eigenvalue weighted by atomic mass is 9.95. The van der Waals surface area contributed by atoms with Crippen LogP contribution in [0.2, 0.25) is 0 Å². The third-order valence-electron chi connectivity index (χ3n) is 4.65. The van der Waals surface area contributed by atoms with Gasteiger partial charge in [0, 0.05) is 31.4 Å². The van der Waals surface area contributed by atoms with Gasteiger partial charge < -0.3 is 10.6 Å². The van der Waals surface area contributed by atoms with Gasteiger partial charge in [-0.1, -0.05) is 31.4 Å². The van der Waals surface area contributed by atoms with Crippen molar-refractivity contribution in [3.05, 3.63) is 29.8 Å². The number of Topliss-reactive ketones (excluding diaryl/α,β-unsaturated/α-hetero) is 1. The second-order valence-corrected chi connectivity index (χ2v) is 6.73. The van der Waals surface area contributed by atoms with Gasteiger partial charge in [0.05, 0.1) is 5.69 Å². The number of unbranched alkanes of at least 4 members (excludes halogenated alkanes) is 2. The molecule has 25 heavy (non-hydrogen) atoms. The van der Waals surface area contributed by atoms with Gasteiger partial charge in [-0.25, -0.2) is 0 Å². The van der Waals surface area contributed by atoms with Crippen LogP contribution in [0, 0.1) is 5.92 Å². The van der Waals surface area contributed by atoms with Gasteiger partial charge in [-0.2, -0.15) is 0 Å². The van der Waals surface area contributed by atoms with E-state index in [0.29, 0.717) is 24.2 Å². The van der Waals surface area contributed by atoms with Gasteiger partial charge in [0.1, 0.15) is 0 Å². The summed E-state index contributed by atoms with van der Waals surface area (Å²) < 4.78 is 0. The van der Waals surface area contributed by atoms with Crippen LogP contribution in [0.1, 0.15) is 68.6 Å². The Hall–Kier alpha value is -2.17. The molecule has 1 aromatic rings. The first-order valence-electron chi connectivity index (χ1n) is 9.25. The van der Waals surface area contributed by atoms with Crippen LogP contribution in [-0.4, -0.2) is 24.1 Å². The molecule has 0 bridgehead atoms. The van der Waals surface area contributed by atoms with Crippen molar-refractivity contribution in [1.29, 1.82) is 0 Å². The molecule has 1 aliphatic rings. The quantitative estimate of drug-likeness (QED) is 0.530. The van der Waals surface area contributed by atoms with E-state index in [1.54, 1.807) is 6.07 Å². The summed E-state index contributed by atoms with van der Waals surface area (Å²) in [5, 5.41) is 5.64. The van der Waals surface area contributed by atoms with Gasteiger partial charge in [-0.05, 0) is 37.8 Å². The van der Waals surface area contributed by atoms with Crippen molar-refractivity contribution in [3.63, 3.8) is 0 Å². The van der Waals surface area contributed by atoms with Gasteiger partial charge >= 0.3 is 0 Å². The molecular formula is C20H28N2O3. The maximum atomic E-state index is 12.7. The number of nitrogens with one attached hydrogen (secondary N) is 2. The number of carbonyl (C=O) groups is 3. The summed E-state index contributed by atoms with van der Waals surface area (Å²) >= 11 is 0. The van der Waals surface area contributed by atoms with Crippen molar-refractivity contribution in [1.82, 2.24) is 5.32 Å². The largest absolute Gasteiger partial charge is 0.356 e. The average Bonchev–Trinajstić information content (AvgIpc) is 3.12. The molecule has 1 saturated carbocycles. The monoisotopic (exact) mass is 344 g/mol. The van der Waals surface area contributed by atoms with E-state index >= 15 is 0 Å². The number of ketones is 1. The van der Waals surface area contributed by atoms with E-state index in [1.807, 2.05) is 18.2 Å². The molecule has 2 N–H and O–H groups in total. The van der Waals surface area contributed by atoms with Crippen molar-refractivity contribution in [2.24, 2.45) is 5.92 Å². The Morgan fingerprint density at radius 2 is 1.76 bits per heavy atom. The fourth-order valence-corrected chi connectivity index (χ4v) is 3.28. The molecule has 2 rings (SSSR count). The van der Waals surface area contributed by atoms with Crippen LogP contribution in [0.25, 0.3) is 0 Å². The smallest absolute Gasteiger partial charge is 0.224 e. The molecular weight excluding hydrogens is 316 g/mol. The number of benzene rings is 1. The first-order valence-corrected chi connectivity index (χ1v) is 9.25. The SMILES string of the molecule is CC(=O)NCCCCCC(=O)Nc1ccccc1C(=O)C1CCCC1. The Labute approximate surface area is 149 Å². The summed E-state index contributed by atoms with van der Waals surface area (Å²) in [6.07, 6.45) is 7.08.